The Morgan fingerprint density at radius 3 is 2.79 bits per heavy atom. The number of nitrogens with zero attached hydrogens (tertiary/aromatic N) is 2. The van der Waals surface area contributed by atoms with Crippen LogP contribution in [-0.4, -0.2) is 49.6 Å². The molecule has 19 heavy (non-hydrogen) atoms. The third kappa shape index (κ3) is 2.59. The minimum absolute atomic E-state index is 0.224. The zero-order valence-electron chi connectivity index (χ0n) is 11.2. The maximum absolute atomic E-state index is 11.8. The average Bonchev–Trinajstić information content (AvgIpc) is 2.97. The van der Waals surface area contributed by atoms with Gasteiger partial charge in [0, 0.05) is 31.6 Å². The summed E-state index contributed by atoms with van der Waals surface area (Å²) in [5.74, 6) is 0.224. The van der Waals surface area contributed by atoms with Crippen molar-refractivity contribution in [3.8, 4) is 0 Å². The topological polar surface area (TPSA) is 40.6 Å². The first kappa shape index (κ1) is 13.5. The molecule has 0 unspecified atom stereocenters. The molecule has 2 aliphatic heterocycles. The minimum Gasteiger partial charge on any atom is -0.298 e. The second-order valence-electron chi connectivity index (χ2n) is 5.76. The van der Waals surface area contributed by atoms with E-state index in [2.05, 4.69) is 21.7 Å². The van der Waals surface area contributed by atoms with Crippen molar-refractivity contribution in [2.75, 3.05) is 31.9 Å². The highest BCUT2D eigenvalue weighted by Crippen LogP contribution is 2.41. The normalized spacial score (nSPS) is 23.8. The van der Waals surface area contributed by atoms with Crippen LogP contribution in [0.5, 0.6) is 0 Å². The summed E-state index contributed by atoms with van der Waals surface area (Å²) in [5.41, 5.74) is 1.61. The lowest BCUT2D eigenvalue weighted by molar-refractivity contribution is 0.0772. The molecule has 2 fully saturated rings. The van der Waals surface area contributed by atoms with E-state index in [1.807, 2.05) is 0 Å². The van der Waals surface area contributed by atoms with Gasteiger partial charge in [0.25, 0.3) is 0 Å². The first-order valence-electron chi connectivity index (χ1n) is 6.74. The monoisotopic (exact) mass is 300 g/mol. The van der Waals surface area contributed by atoms with Crippen molar-refractivity contribution in [3.05, 3.63) is 22.4 Å². The minimum atomic E-state index is -2.98. The zero-order valence-corrected chi connectivity index (χ0v) is 12.8. The Kier molecular flexibility index (Phi) is 3.45. The molecule has 6 heteroatoms. The summed E-state index contributed by atoms with van der Waals surface area (Å²) < 4.78 is 25.2. The van der Waals surface area contributed by atoms with E-state index in [0.29, 0.717) is 0 Å². The van der Waals surface area contributed by atoms with Gasteiger partial charge in [0.1, 0.15) is 0 Å². The van der Waals surface area contributed by atoms with Crippen LogP contribution >= 0.6 is 11.3 Å². The lowest BCUT2D eigenvalue weighted by Gasteiger charge is -2.46. The molecule has 106 valence electrons. The van der Waals surface area contributed by atoms with Crippen molar-refractivity contribution < 1.29 is 8.42 Å². The fraction of sp³-hybridized carbons (Fsp3) is 0.692. The van der Waals surface area contributed by atoms with Gasteiger partial charge in [-0.05, 0) is 42.3 Å². The van der Waals surface area contributed by atoms with Gasteiger partial charge in [0.05, 0.1) is 5.75 Å². The molecule has 0 radical (unpaired) electrons. The van der Waals surface area contributed by atoms with E-state index in [1.54, 1.807) is 22.6 Å². The molecular weight excluding hydrogens is 280 g/mol. The smallest absolute Gasteiger partial charge is 0.213 e. The first-order valence-corrected chi connectivity index (χ1v) is 9.29. The maximum atomic E-state index is 11.8. The number of hydrogen-bond acceptors (Lipinski definition) is 4. The summed E-state index contributed by atoms with van der Waals surface area (Å²) in [4.78, 5) is 2.46. The lowest BCUT2D eigenvalue weighted by Crippen LogP contribution is -2.59. The molecule has 3 rings (SSSR count). The second-order valence-corrected chi connectivity index (χ2v) is 8.80. The Bertz CT molecular complexity index is 533. The molecule has 0 amide bonds. The van der Waals surface area contributed by atoms with E-state index in [1.165, 1.54) is 5.56 Å². The molecule has 0 aromatic carbocycles. The fourth-order valence-electron chi connectivity index (χ4n) is 3.14. The predicted octanol–water partition coefficient (Wildman–Crippen LogP) is 1.61. The van der Waals surface area contributed by atoms with Gasteiger partial charge in [0.15, 0.2) is 0 Å². The molecule has 2 saturated heterocycles. The third-order valence-electron chi connectivity index (χ3n) is 4.29. The van der Waals surface area contributed by atoms with Crippen molar-refractivity contribution in [2.45, 2.75) is 19.9 Å². The van der Waals surface area contributed by atoms with E-state index in [9.17, 15) is 8.42 Å². The van der Waals surface area contributed by atoms with Crippen LogP contribution in [0, 0.1) is 5.41 Å². The van der Waals surface area contributed by atoms with E-state index in [-0.39, 0.29) is 11.2 Å². The van der Waals surface area contributed by atoms with Gasteiger partial charge in [-0.15, -0.1) is 0 Å². The highest BCUT2D eigenvalue weighted by molar-refractivity contribution is 7.89. The van der Waals surface area contributed by atoms with Gasteiger partial charge in [-0.3, -0.25) is 4.90 Å². The van der Waals surface area contributed by atoms with Crippen molar-refractivity contribution in [1.29, 1.82) is 0 Å². The molecule has 0 N–H and O–H groups in total. The summed E-state index contributed by atoms with van der Waals surface area (Å²) in [6, 6.07) is 2.17. The van der Waals surface area contributed by atoms with Crippen LogP contribution < -0.4 is 0 Å². The van der Waals surface area contributed by atoms with Gasteiger partial charge in [0.2, 0.25) is 10.0 Å². The Hall–Kier alpha value is -0.430. The van der Waals surface area contributed by atoms with E-state index in [4.69, 9.17) is 0 Å². The highest BCUT2D eigenvalue weighted by Gasteiger charge is 2.50. The zero-order chi connectivity index (χ0) is 13.5. The van der Waals surface area contributed by atoms with E-state index >= 15 is 0 Å². The highest BCUT2D eigenvalue weighted by atomic mass is 32.2. The molecule has 3 heterocycles. The molecule has 1 spiro atoms. The number of rotatable bonds is 4. The Balaban J connectivity index is 1.56. The summed E-state index contributed by atoms with van der Waals surface area (Å²) in [5, 5.41) is 4.31. The summed E-state index contributed by atoms with van der Waals surface area (Å²) in [7, 11) is -2.98. The molecule has 2 aliphatic rings. The van der Waals surface area contributed by atoms with Crippen LogP contribution in [0.1, 0.15) is 18.9 Å². The molecule has 0 aliphatic carbocycles. The number of hydrogen-bond donors (Lipinski definition) is 0. The van der Waals surface area contributed by atoms with Crippen LogP contribution in [0.15, 0.2) is 16.8 Å². The molecule has 1 aromatic rings. The first-order chi connectivity index (χ1) is 9.03. The average molecular weight is 300 g/mol. The molecular formula is C13H20N2O2S2. The van der Waals surface area contributed by atoms with Crippen LogP contribution in [0.2, 0.25) is 0 Å². The number of thiophene rings is 1. The molecule has 0 bridgehead atoms. The summed E-state index contributed by atoms with van der Waals surface area (Å²) in [6.07, 6.45) is 1.13. The van der Waals surface area contributed by atoms with Gasteiger partial charge in [-0.25, -0.2) is 12.7 Å². The maximum Gasteiger partial charge on any atom is 0.213 e. The Morgan fingerprint density at radius 2 is 2.16 bits per heavy atom. The molecule has 0 saturated carbocycles. The van der Waals surface area contributed by atoms with Crippen molar-refractivity contribution in [2.24, 2.45) is 5.41 Å². The largest absolute Gasteiger partial charge is 0.298 e. The quantitative estimate of drug-likeness (QED) is 0.848. The lowest BCUT2D eigenvalue weighted by atomic mass is 9.81. The van der Waals surface area contributed by atoms with Crippen LogP contribution in [0.3, 0.4) is 0 Å². The van der Waals surface area contributed by atoms with Gasteiger partial charge < -0.3 is 0 Å². The third-order valence-corrected chi connectivity index (χ3v) is 6.79. The molecule has 0 atom stereocenters. The predicted molar refractivity (Wildman–Crippen MR) is 77.7 cm³/mol. The van der Waals surface area contributed by atoms with Gasteiger partial charge in [-0.1, -0.05) is 0 Å². The fourth-order valence-corrected chi connectivity index (χ4v) is 5.11. The van der Waals surface area contributed by atoms with Crippen LogP contribution in [-0.2, 0) is 16.6 Å². The van der Waals surface area contributed by atoms with Crippen molar-refractivity contribution >= 4 is 21.4 Å². The second kappa shape index (κ2) is 4.84. The Labute approximate surface area is 119 Å². The van der Waals surface area contributed by atoms with Gasteiger partial charge >= 0.3 is 0 Å². The van der Waals surface area contributed by atoms with E-state index in [0.717, 1.165) is 39.1 Å². The summed E-state index contributed by atoms with van der Waals surface area (Å²) >= 11 is 1.74. The Morgan fingerprint density at radius 1 is 1.37 bits per heavy atom. The molecule has 4 nitrogen and oxygen atoms in total. The van der Waals surface area contributed by atoms with Crippen molar-refractivity contribution in [1.82, 2.24) is 9.21 Å². The SMILES string of the molecule is CCS(=O)(=O)N1CC2(CCN(Cc3ccsc3)C2)C1. The molecule has 1 aromatic heterocycles. The van der Waals surface area contributed by atoms with Crippen LogP contribution in [0.25, 0.3) is 0 Å². The summed E-state index contributed by atoms with van der Waals surface area (Å²) in [6.45, 7) is 6.31. The van der Waals surface area contributed by atoms with Crippen molar-refractivity contribution in [3.63, 3.8) is 0 Å². The van der Waals surface area contributed by atoms with Crippen LogP contribution in [0.4, 0.5) is 0 Å². The van der Waals surface area contributed by atoms with Gasteiger partial charge in [-0.2, -0.15) is 11.3 Å². The number of sulfonamides is 1. The van der Waals surface area contributed by atoms with E-state index < -0.39 is 10.0 Å². The standard InChI is InChI=1S/C13H20N2O2S2/c1-2-19(16,17)15-10-13(11-15)4-5-14(9-13)7-12-3-6-18-8-12/h3,6,8H,2,4-5,7,9-11H2,1H3. The number of likely N-dealkylation sites (tertiary alicyclic amines) is 1.